The summed E-state index contributed by atoms with van der Waals surface area (Å²) < 4.78 is 5.41. The smallest absolute Gasteiger partial charge is 0.338 e. The molecule has 0 aliphatic carbocycles. The quantitative estimate of drug-likeness (QED) is 0.676. The van der Waals surface area contributed by atoms with Gasteiger partial charge in [0.05, 0.1) is 14.8 Å². The second-order valence-corrected chi connectivity index (χ2v) is 5.76. The summed E-state index contributed by atoms with van der Waals surface area (Å²) in [6, 6.07) is 8.83. The summed E-state index contributed by atoms with van der Waals surface area (Å²) in [5, 5.41) is 0. The fourth-order valence-electron chi connectivity index (χ4n) is 1.52. The van der Waals surface area contributed by atoms with E-state index in [0.717, 1.165) is 11.3 Å². The van der Waals surface area contributed by atoms with Gasteiger partial charge in [-0.2, -0.15) is 0 Å². The molecule has 0 unspecified atom stereocenters. The Bertz CT molecular complexity index is 693. The van der Waals surface area contributed by atoms with Crippen LogP contribution in [-0.2, 0) is 4.74 Å². The highest BCUT2D eigenvalue weighted by molar-refractivity contribution is 7.18. The topological polar surface area (TPSA) is 86.5 Å². The number of Topliss-reactive ketones (excluding diaryl/α,β-unsaturated/α-hetero) is 1. The van der Waals surface area contributed by atoms with Crippen molar-refractivity contribution in [3.05, 3.63) is 56.7 Å². The maximum absolute atomic E-state index is 11.8. The lowest BCUT2D eigenvalue weighted by Crippen LogP contribution is -2.14. The van der Waals surface area contributed by atoms with Crippen LogP contribution in [0, 0.1) is 0 Å². The maximum Gasteiger partial charge on any atom is 0.338 e. The molecule has 0 saturated carbocycles. The highest BCUT2D eigenvalue weighted by Crippen LogP contribution is 2.21. The molecule has 21 heavy (non-hydrogen) atoms. The first-order valence-corrected chi connectivity index (χ1v) is 7.02. The number of rotatable bonds is 5. The van der Waals surface area contributed by atoms with E-state index in [9.17, 15) is 14.4 Å². The number of hydrogen-bond acceptors (Lipinski definition) is 5. The molecule has 0 atom stereocenters. The first-order valence-electron chi connectivity index (χ1n) is 5.83. The Balaban J connectivity index is 1.95. The van der Waals surface area contributed by atoms with Gasteiger partial charge in [0.25, 0.3) is 0 Å². The molecule has 0 saturated heterocycles. The number of halogens is 1. The van der Waals surface area contributed by atoms with Crippen LogP contribution in [0.2, 0.25) is 4.34 Å². The number of benzene rings is 1. The number of carbonyl (C=O) groups is 3. The number of nitrogens with two attached hydrogens (primary N) is 1. The van der Waals surface area contributed by atoms with Crippen molar-refractivity contribution in [2.75, 3.05) is 6.61 Å². The summed E-state index contributed by atoms with van der Waals surface area (Å²) in [5.74, 6) is -1.56. The van der Waals surface area contributed by atoms with Gasteiger partial charge in [0.1, 0.15) is 0 Å². The molecular formula is C14H10ClNO4S. The van der Waals surface area contributed by atoms with Crippen molar-refractivity contribution in [3.8, 4) is 0 Å². The zero-order valence-electron chi connectivity index (χ0n) is 10.7. The summed E-state index contributed by atoms with van der Waals surface area (Å²) >= 11 is 6.85. The number of hydrogen-bond donors (Lipinski definition) is 1. The molecule has 7 heteroatoms. The molecule has 0 spiro atoms. The molecule has 108 valence electrons. The predicted octanol–water partition coefficient (Wildman–Crippen LogP) is 2.54. The van der Waals surface area contributed by atoms with Crippen molar-refractivity contribution in [2.24, 2.45) is 5.73 Å². The maximum atomic E-state index is 11.8. The molecule has 0 aliphatic heterocycles. The third-order valence-corrected chi connectivity index (χ3v) is 3.86. The lowest BCUT2D eigenvalue weighted by Gasteiger charge is -2.03. The van der Waals surface area contributed by atoms with E-state index in [1.54, 1.807) is 12.1 Å². The zero-order valence-corrected chi connectivity index (χ0v) is 12.2. The Morgan fingerprint density at radius 1 is 1.05 bits per heavy atom. The third-order valence-electron chi connectivity index (χ3n) is 2.59. The number of primary amides is 1. The van der Waals surface area contributed by atoms with Crippen LogP contribution in [0.5, 0.6) is 0 Å². The van der Waals surface area contributed by atoms with Crippen molar-refractivity contribution < 1.29 is 19.1 Å². The van der Waals surface area contributed by atoms with Crippen LogP contribution in [0.25, 0.3) is 0 Å². The van der Waals surface area contributed by atoms with Crippen molar-refractivity contribution in [1.82, 2.24) is 0 Å². The lowest BCUT2D eigenvalue weighted by molar-refractivity contribution is 0.0475. The van der Waals surface area contributed by atoms with E-state index >= 15 is 0 Å². The van der Waals surface area contributed by atoms with Gasteiger partial charge in [0, 0.05) is 5.56 Å². The van der Waals surface area contributed by atoms with Crippen LogP contribution in [0.3, 0.4) is 0 Å². The minimum atomic E-state index is -0.651. The molecular weight excluding hydrogens is 314 g/mol. The number of amides is 1. The molecule has 1 aromatic heterocycles. The third kappa shape index (κ3) is 3.90. The largest absolute Gasteiger partial charge is 0.454 e. The monoisotopic (exact) mass is 323 g/mol. The fraction of sp³-hybridized carbons (Fsp3) is 0.0714. The lowest BCUT2D eigenvalue weighted by atomic mass is 10.1. The van der Waals surface area contributed by atoms with Gasteiger partial charge in [0.2, 0.25) is 11.7 Å². The molecule has 1 heterocycles. The van der Waals surface area contributed by atoms with Gasteiger partial charge in [-0.3, -0.25) is 9.59 Å². The molecule has 0 radical (unpaired) electrons. The molecule has 5 nitrogen and oxygen atoms in total. The Kier molecular flexibility index (Phi) is 4.72. The van der Waals surface area contributed by atoms with Crippen LogP contribution >= 0.6 is 22.9 Å². The van der Waals surface area contributed by atoms with E-state index in [1.165, 1.54) is 24.3 Å². The molecule has 1 aromatic carbocycles. The van der Waals surface area contributed by atoms with Crippen LogP contribution < -0.4 is 5.73 Å². The molecule has 2 rings (SSSR count). The second kappa shape index (κ2) is 6.51. The van der Waals surface area contributed by atoms with Crippen LogP contribution in [0.4, 0.5) is 0 Å². The van der Waals surface area contributed by atoms with Crippen molar-refractivity contribution >= 4 is 40.6 Å². The summed E-state index contributed by atoms with van der Waals surface area (Å²) in [4.78, 5) is 34.8. The summed E-state index contributed by atoms with van der Waals surface area (Å²) in [6.45, 7) is -0.368. The zero-order chi connectivity index (χ0) is 15.4. The van der Waals surface area contributed by atoms with Gasteiger partial charge in [0.15, 0.2) is 6.61 Å². The van der Waals surface area contributed by atoms with E-state index in [-0.39, 0.29) is 23.5 Å². The Morgan fingerprint density at radius 2 is 1.67 bits per heavy atom. The Morgan fingerprint density at radius 3 is 2.19 bits per heavy atom. The minimum absolute atomic E-state index is 0.233. The average Bonchev–Trinajstić information content (AvgIpc) is 2.91. The van der Waals surface area contributed by atoms with Crippen LogP contribution in [0.15, 0.2) is 36.4 Å². The predicted molar refractivity (Wildman–Crippen MR) is 78.9 cm³/mol. The van der Waals surface area contributed by atoms with E-state index < -0.39 is 11.9 Å². The van der Waals surface area contributed by atoms with Gasteiger partial charge in [-0.1, -0.05) is 11.6 Å². The van der Waals surface area contributed by atoms with Crippen LogP contribution in [0.1, 0.15) is 30.4 Å². The second-order valence-electron chi connectivity index (χ2n) is 4.04. The normalized spacial score (nSPS) is 10.1. The molecule has 0 fully saturated rings. The van der Waals surface area contributed by atoms with Crippen molar-refractivity contribution in [3.63, 3.8) is 0 Å². The first kappa shape index (κ1) is 15.2. The van der Waals surface area contributed by atoms with E-state index in [4.69, 9.17) is 22.1 Å². The number of ether oxygens (including phenoxy) is 1. The van der Waals surface area contributed by atoms with E-state index in [2.05, 4.69) is 0 Å². The molecule has 2 aromatic rings. The highest BCUT2D eigenvalue weighted by atomic mass is 35.5. The summed E-state index contributed by atoms with van der Waals surface area (Å²) in [5.41, 5.74) is 5.62. The highest BCUT2D eigenvalue weighted by Gasteiger charge is 2.13. The van der Waals surface area contributed by atoms with Gasteiger partial charge in [-0.15, -0.1) is 11.3 Å². The first-order chi connectivity index (χ1) is 9.97. The summed E-state index contributed by atoms with van der Waals surface area (Å²) in [7, 11) is 0. The average molecular weight is 324 g/mol. The van der Waals surface area contributed by atoms with Gasteiger partial charge >= 0.3 is 5.97 Å². The molecule has 2 N–H and O–H groups in total. The number of ketones is 1. The number of carbonyl (C=O) groups excluding carboxylic acids is 3. The van der Waals surface area contributed by atoms with E-state index in [1.807, 2.05) is 0 Å². The van der Waals surface area contributed by atoms with Crippen molar-refractivity contribution in [2.45, 2.75) is 0 Å². The standard InChI is InChI=1S/C14H10ClNO4S/c15-12-6-5-11(21-12)10(17)7-20-14(19)9-3-1-8(2-4-9)13(16)18/h1-6H,7H2,(H2,16,18). The van der Waals surface area contributed by atoms with Gasteiger partial charge in [-0.05, 0) is 36.4 Å². The van der Waals surface area contributed by atoms with Crippen LogP contribution in [-0.4, -0.2) is 24.3 Å². The van der Waals surface area contributed by atoms with Gasteiger partial charge < -0.3 is 10.5 Å². The Hall–Kier alpha value is -2.18. The molecule has 0 bridgehead atoms. The Labute approximate surface area is 129 Å². The molecule has 1 amide bonds. The fourth-order valence-corrected chi connectivity index (χ4v) is 2.49. The summed E-state index contributed by atoms with van der Waals surface area (Å²) in [6.07, 6.45) is 0. The molecule has 0 aliphatic rings. The van der Waals surface area contributed by atoms with E-state index in [0.29, 0.717) is 9.21 Å². The number of thiophene rings is 1. The number of esters is 1. The minimum Gasteiger partial charge on any atom is -0.454 e. The SMILES string of the molecule is NC(=O)c1ccc(C(=O)OCC(=O)c2ccc(Cl)s2)cc1. The van der Waals surface area contributed by atoms with Gasteiger partial charge in [-0.25, -0.2) is 4.79 Å². The van der Waals surface area contributed by atoms with Crippen molar-refractivity contribution in [1.29, 1.82) is 0 Å².